The Labute approximate surface area is 77.7 Å². The summed E-state index contributed by atoms with van der Waals surface area (Å²) in [7, 11) is 0. The van der Waals surface area contributed by atoms with Crippen molar-refractivity contribution in [2.75, 3.05) is 5.73 Å². The predicted molar refractivity (Wildman–Crippen MR) is 43.2 cm³/mol. The van der Waals surface area contributed by atoms with Gasteiger partial charge in [-0.2, -0.15) is 0 Å². The van der Waals surface area contributed by atoms with E-state index in [1.807, 2.05) is 0 Å². The van der Waals surface area contributed by atoms with Gasteiger partial charge < -0.3 is 16.2 Å². The molecule has 78 valence electrons. The van der Waals surface area contributed by atoms with Crippen molar-refractivity contribution in [2.24, 2.45) is 5.73 Å². The molecule has 0 aliphatic rings. The number of halogens is 3. The van der Waals surface area contributed by atoms with E-state index in [0.717, 1.165) is 6.07 Å². The zero-order valence-electron chi connectivity index (χ0n) is 7.01. The minimum absolute atomic E-state index is 0.0256. The lowest BCUT2D eigenvalue weighted by molar-refractivity contribution is -0.275. The molecule has 4 nitrogen and oxygen atoms in total. The maximum absolute atomic E-state index is 11.8. The molecule has 0 saturated heterocycles. The molecule has 0 aromatic carbocycles. The van der Waals surface area contributed by atoms with Gasteiger partial charge in [-0.1, -0.05) is 0 Å². The second-order valence-electron chi connectivity index (χ2n) is 2.43. The number of hydrogen-bond donors (Lipinski definition) is 2. The number of anilines is 1. The first-order valence-corrected chi connectivity index (χ1v) is 3.63. The van der Waals surface area contributed by atoms with Crippen LogP contribution in [0.5, 0.6) is 5.75 Å². The van der Waals surface area contributed by atoms with E-state index in [1.165, 1.54) is 6.07 Å². The molecule has 0 spiro atoms. The van der Waals surface area contributed by atoms with Crippen LogP contribution in [0.3, 0.4) is 0 Å². The number of pyridine rings is 1. The van der Waals surface area contributed by atoms with Crippen LogP contribution in [0.15, 0.2) is 12.1 Å². The van der Waals surface area contributed by atoms with Crippen LogP contribution in [0.25, 0.3) is 0 Å². The van der Waals surface area contributed by atoms with Gasteiger partial charge in [-0.3, -0.25) is 0 Å². The van der Waals surface area contributed by atoms with Crippen LogP contribution in [0.2, 0.25) is 0 Å². The quantitative estimate of drug-likeness (QED) is 0.759. The summed E-state index contributed by atoms with van der Waals surface area (Å²) in [6, 6.07) is 2.29. The van der Waals surface area contributed by atoms with Crippen molar-refractivity contribution in [3.8, 4) is 5.75 Å². The fraction of sp³-hybridized carbons (Fsp3) is 0.286. The van der Waals surface area contributed by atoms with Crippen molar-refractivity contribution >= 4 is 5.82 Å². The number of hydrogen-bond acceptors (Lipinski definition) is 4. The summed E-state index contributed by atoms with van der Waals surface area (Å²) in [5, 5.41) is 0. The van der Waals surface area contributed by atoms with Gasteiger partial charge in [0.2, 0.25) is 0 Å². The molecule has 1 aromatic rings. The molecule has 1 heterocycles. The van der Waals surface area contributed by atoms with Crippen LogP contribution in [-0.4, -0.2) is 11.3 Å². The molecule has 0 radical (unpaired) electrons. The van der Waals surface area contributed by atoms with E-state index in [0.29, 0.717) is 0 Å². The number of nitrogens with zero attached hydrogens (tertiary/aromatic N) is 1. The van der Waals surface area contributed by atoms with Gasteiger partial charge in [0, 0.05) is 6.54 Å². The summed E-state index contributed by atoms with van der Waals surface area (Å²) in [6.45, 7) is -0.170. The highest BCUT2D eigenvalue weighted by Gasteiger charge is 2.32. The van der Waals surface area contributed by atoms with Gasteiger partial charge >= 0.3 is 6.36 Å². The van der Waals surface area contributed by atoms with Gasteiger partial charge in [0.15, 0.2) is 5.75 Å². The van der Waals surface area contributed by atoms with Gasteiger partial charge in [0.25, 0.3) is 0 Å². The number of nitrogen functional groups attached to an aromatic ring is 1. The molecule has 0 amide bonds. The molecule has 0 bridgehead atoms. The first-order valence-electron chi connectivity index (χ1n) is 3.63. The standard InChI is InChI=1S/C7H8F3N3O/c8-7(9,10)14-5-1-2-6(12)13-4(5)3-11/h1-2H,3,11H2,(H2,12,13). The second-order valence-corrected chi connectivity index (χ2v) is 2.43. The molecule has 0 aliphatic heterocycles. The van der Waals surface area contributed by atoms with E-state index in [1.54, 1.807) is 0 Å². The van der Waals surface area contributed by atoms with Crippen molar-refractivity contribution in [2.45, 2.75) is 12.9 Å². The Morgan fingerprint density at radius 2 is 2.00 bits per heavy atom. The van der Waals surface area contributed by atoms with Gasteiger partial charge in [-0.15, -0.1) is 13.2 Å². The van der Waals surface area contributed by atoms with Crippen LogP contribution < -0.4 is 16.2 Å². The monoisotopic (exact) mass is 207 g/mol. The summed E-state index contributed by atoms with van der Waals surface area (Å²) in [5.74, 6) is -0.325. The minimum atomic E-state index is -4.75. The lowest BCUT2D eigenvalue weighted by atomic mass is 10.3. The van der Waals surface area contributed by atoms with Gasteiger partial charge in [-0.25, -0.2) is 4.98 Å². The zero-order chi connectivity index (χ0) is 10.8. The van der Waals surface area contributed by atoms with Crippen molar-refractivity contribution < 1.29 is 17.9 Å². The second kappa shape index (κ2) is 3.70. The van der Waals surface area contributed by atoms with E-state index < -0.39 is 12.1 Å². The van der Waals surface area contributed by atoms with E-state index >= 15 is 0 Å². The number of ether oxygens (including phenoxy) is 1. The summed E-state index contributed by atoms with van der Waals surface area (Å²) >= 11 is 0. The van der Waals surface area contributed by atoms with E-state index in [-0.39, 0.29) is 18.1 Å². The Hall–Kier alpha value is -1.50. The fourth-order valence-electron chi connectivity index (χ4n) is 0.869. The molecule has 0 saturated carbocycles. The molecule has 14 heavy (non-hydrogen) atoms. The molecule has 1 aromatic heterocycles. The Morgan fingerprint density at radius 3 is 2.50 bits per heavy atom. The van der Waals surface area contributed by atoms with Crippen LogP contribution in [-0.2, 0) is 6.54 Å². The highest BCUT2D eigenvalue weighted by Crippen LogP contribution is 2.25. The first-order chi connectivity index (χ1) is 6.42. The summed E-state index contributed by atoms with van der Waals surface area (Å²) in [4.78, 5) is 3.60. The van der Waals surface area contributed by atoms with Crippen LogP contribution in [0, 0.1) is 0 Å². The maximum atomic E-state index is 11.8. The Bertz CT molecular complexity index is 326. The largest absolute Gasteiger partial charge is 0.573 e. The average Bonchev–Trinajstić information content (AvgIpc) is 2.06. The molecule has 0 atom stereocenters. The molecule has 0 aliphatic carbocycles. The normalized spacial score (nSPS) is 11.4. The Morgan fingerprint density at radius 1 is 1.36 bits per heavy atom. The summed E-state index contributed by atoms with van der Waals surface area (Å²) in [6.07, 6.45) is -4.75. The topological polar surface area (TPSA) is 74.2 Å². The molecule has 7 heteroatoms. The highest BCUT2D eigenvalue weighted by atomic mass is 19.4. The van der Waals surface area contributed by atoms with Crippen molar-refractivity contribution in [3.05, 3.63) is 17.8 Å². The predicted octanol–water partition coefficient (Wildman–Crippen LogP) is 1.02. The molecule has 0 fully saturated rings. The minimum Gasteiger partial charge on any atom is -0.404 e. The Kier molecular flexibility index (Phi) is 2.80. The third-order valence-electron chi connectivity index (χ3n) is 1.37. The molecule has 1 rings (SSSR count). The van der Waals surface area contributed by atoms with Gasteiger partial charge in [0.1, 0.15) is 5.82 Å². The van der Waals surface area contributed by atoms with Gasteiger partial charge in [0.05, 0.1) is 5.69 Å². The highest BCUT2D eigenvalue weighted by molar-refractivity contribution is 5.38. The summed E-state index contributed by atoms with van der Waals surface area (Å²) < 4.78 is 39.2. The summed E-state index contributed by atoms with van der Waals surface area (Å²) in [5.41, 5.74) is 10.4. The number of aromatic nitrogens is 1. The smallest absolute Gasteiger partial charge is 0.404 e. The number of alkyl halides is 3. The third-order valence-corrected chi connectivity index (χ3v) is 1.37. The lowest BCUT2D eigenvalue weighted by Crippen LogP contribution is -2.19. The zero-order valence-corrected chi connectivity index (χ0v) is 7.01. The van der Waals surface area contributed by atoms with Crippen molar-refractivity contribution in [1.82, 2.24) is 4.98 Å². The van der Waals surface area contributed by atoms with E-state index in [4.69, 9.17) is 11.5 Å². The van der Waals surface area contributed by atoms with Crippen LogP contribution in [0.1, 0.15) is 5.69 Å². The first kappa shape index (κ1) is 10.6. The van der Waals surface area contributed by atoms with Crippen molar-refractivity contribution in [3.63, 3.8) is 0 Å². The van der Waals surface area contributed by atoms with E-state index in [9.17, 15) is 13.2 Å². The average molecular weight is 207 g/mol. The lowest BCUT2D eigenvalue weighted by Gasteiger charge is -2.11. The fourth-order valence-corrected chi connectivity index (χ4v) is 0.869. The van der Waals surface area contributed by atoms with Crippen LogP contribution in [0.4, 0.5) is 19.0 Å². The number of nitrogens with two attached hydrogens (primary N) is 2. The van der Waals surface area contributed by atoms with E-state index in [2.05, 4.69) is 9.72 Å². The SMILES string of the molecule is NCc1nc(N)ccc1OC(F)(F)F. The maximum Gasteiger partial charge on any atom is 0.573 e. The third kappa shape index (κ3) is 2.77. The van der Waals surface area contributed by atoms with Crippen molar-refractivity contribution in [1.29, 1.82) is 0 Å². The Balaban J connectivity index is 2.97. The number of rotatable bonds is 2. The molecular weight excluding hydrogens is 199 g/mol. The molecular formula is C7H8F3N3O. The molecule has 4 N–H and O–H groups in total. The molecule has 0 unspecified atom stereocenters. The van der Waals surface area contributed by atoms with Crippen LogP contribution >= 0.6 is 0 Å². The van der Waals surface area contributed by atoms with Gasteiger partial charge in [-0.05, 0) is 12.1 Å².